The zero-order chi connectivity index (χ0) is 23.8. The monoisotopic (exact) mass is 466 g/mol. The molecule has 0 spiro atoms. The number of benzene rings is 1. The molecule has 0 aromatic heterocycles. The van der Waals surface area contributed by atoms with Crippen LogP contribution in [0.1, 0.15) is 76.2 Å². The zero-order valence-corrected chi connectivity index (χ0v) is 20.1. The summed E-state index contributed by atoms with van der Waals surface area (Å²) in [6, 6.07) is 5.23. The van der Waals surface area contributed by atoms with Crippen LogP contribution in [0.4, 0.5) is 0 Å². The molecule has 2 heterocycles. The van der Waals surface area contributed by atoms with Crippen LogP contribution in [0.3, 0.4) is 0 Å². The van der Waals surface area contributed by atoms with Crippen molar-refractivity contribution in [3.8, 4) is 11.5 Å². The van der Waals surface area contributed by atoms with E-state index in [4.69, 9.17) is 4.74 Å². The number of hydrogen-bond acceptors (Lipinski definition) is 6. The first-order valence-corrected chi connectivity index (χ1v) is 12.9. The van der Waals surface area contributed by atoms with Crippen LogP contribution in [0, 0.1) is 5.92 Å². The van der Waals surface area contributed by atoms with Crippen LogP contribution >= 0.6 is 0 Å². The number of phenols is 1. The summed E-state index contributed by atoms with van der Waals surface area (Å²) in [4.78, 5) is 18.7. The number of rotatable bonds is 13. The van der Waals surface area contributed by atoms with E-state index in [-0.39, 0.29) is 18.0 Å². The van der Waals surface area contributed by atoms with Gasteiger partial charge in [0.25, 0.3) is 0 Å². The van der Waals surface area contributed by atoms with Gasteiger partial charge >= 0.3 is 0 Å². The lowest BCUT2D eigenvalue weighted by Crippen LogP contribution is -2.21. The summed E-state index contributed by atoms with van der Waals surface area (Å²) >= 11 is 0. The van der Waals surface area contributed by atoms with Crippen LogP contribution in [0.15, 0.2) is 46.7 Å². The molecule has 0 bridgehead atoms. The normalized spacial score (nSPS) is 18.6. The number of Topliss-reactive ketones (excluding diaryl/α,β-unsaturated/α-hetero) is 1. The molecule has 34 heavy (non-hydrogen) atoms. The minimum absolute atomic E-state index is 0.0828. The van der Waals surface area contributed by atoms with Crippen molar-refractivity contribution < 1.29 is 19.7 Å². The molecule has 1 unspecified atom stereocenters. The maximum absolute atomic E-state index is 12.4. The molecule has 0 radical (unpaired) electrons. The van der Waals surface area contributed by atoms with Gasteiger partial charge in [0.05, 0.1) is 11.8 Å². The highest BCUT2D eigenvalue weighted by Crippen LogP contribution is 2.30. The Morgan fingerprint density at radius 1 is 1.21 bits per heavy atom. The van der Waals surface area contributed by atoms with Gasteiger partial charge in [0.2, 0.25) is 0 Å². The van der Waals surface area contributed by atoms with Gasteiger partial charge in [-0.05, 0) is 42.5 Å². The Labute approximate surface area is 203 Å². The van der Waals surface area contributed by atoms with Gasteiger partial charge in [-0.3, -0.25) is 9.79 Å². The summed E-state index contributed by atoms with van der Waals surface area (Å²) in [5, 5.41) is 20.4. The van der Waals surface area contributed by atoms with Gasteiger partial charge in [-0.1, -0.05) is 57.4 Å². The molecule has 1 saturated carbocycles. The Morgan fingerprint density at radius 3 is 2.88 bits per heavy atom. The Balaban J connectivity index is 1.14. The Kier molecular flexibility index (Phi) is 8.80. The highest BCUT2D eigenvalue weighted by atomic mass is 16.5. The van der Waals surface area contributed by atoms with Gasteiger partial charge in [-0.2, -0.15) is 0 Å². The number of hydrogen-bond donors (Lipinski definition) is 2. The molecule has 184 valence electrons. The molecule has 6 heteroatoms. The highest BCUT2D eigenvalue weighted by molar-refractivity contribution is 5.80. The number of carbonyl (C=O) groups is 1. The molecule has 1 fully saturated rings. The van der Waals surface area contributed by atoms with Gasteiger partial charge in [0, 0.05) is 37.4 Å². The van der Waals surface area contributed by atoms with Gasteiger partial charge < -0.3 is 19.8 Å². The van der Waals surface area contributed by atoms with Crippen molar-refractivity contribution in [2.24, 2.45) is 10.9 Å². The highest BCUT2D eigenvalue weighted by Gasteiger charge is 2.20. The van der Waals surface area contributed by atoms with Crippen LogP contribution in [0.25, 0.3) is 0 Å². The summed E-state index contributed by atoms with van der Waals surface area (Å²) in [5.74, 6) is 1.46. The third-order valence-electron chi connectivity index (χ3n) is 7.19. The summed E-state index contributed by atoms with van der Waals surface area (Å²) < 4.78 is 5.82. The fourth-order valence-electron chi connectivity index (χ4n) is 5.17. The number of phenolic OH excluding ortho intramolecular Hbond substituents is 1. The minimum atomic E-state index is -0.536. The number of nitrogens with zero attached hydrogens (tertiary/aromatic N) is 2. The molecule has 0 amide bonds. The number of ketones is 1. The second-order valence-electron chi connectivity index (χ2n) is 9.99. The third-order valence-corrected chi connectivity index (χ3v) is 7.19. The zero-order valence-electron chi connectivity index (χ0n) is 20.1. The summed E-state index contributed by atoms with van der Waals surface area (Å²) in [6.45, 7) is 1.06. The van der Waals surface area contributed by atoms with Crippen LogP contribution in [0.5, 0.6) is 11.5 Å². The fraction of sp³-hybridized carbons (Fsp3) is 0.571. The Hall–Kier alpha value is -2.60. The van der Waals surface area contributed by atoms with E-state index in [9.17, 15) is 15.0 Å². The Morgan fingerprint density at radius 2 is 2.06 bits per heavy atom. The van der Waals surface area contributed by atoms with Gasteiger partial charge in [0.1, 0.15) is 5.78 Å². The van der Waals surface area contributed by atoms with E-state index in [1.807, 2.05) is 23.2 Å². The van der Waals surface area contributed by atoms with E-state index < -0.39 is 6.10 Å². The molecule has 2 N–H and O–H groups in total. The molecule has 2 aliphatic heterocycles. The van der Waals surface area contributed by atoms with Gasteiger partial charge in [0.15, 0.2) is 18.2 Å². The molecule has 1 aromatic rings. The smallest absolute Gasteiger partial charge is 0.163 e. The second kappa shape index (κ2) is 12.2. The van der Waals surface area contributed by atoms with Crippen molar-refractivity contribution in [3.63, 3.8) is 0 Å². The predicted molar refractivity (Wildman–Crippen MR) is 134 cm³/mol. The van der Waals surface area contributed by atoms with Gasteiger partial charge in [-0.15, -0.1) is 0 Å². The summed E-state index contributed by atoms with van der Waals surface area (Å²) in [5.41, 5.74) is 3.07. The summed E-state index contributed by atoms with van der Waals surface area (Å²) in [7, 11) is 0. The third kappa shape index (κ3) is 7.20. The lowest BCUT2D eigenvalue weighted by atomic mass is 9.85. The number of carbonyl (C=O) groups excluding carboxylic acids is 1. The number of ether oxygens (including phenoxy) is 1. The van der Waals surface area contributed by atoms with E-state index in [0.717, 1.165) is 36.6 Å². The van der Waals surface area contributed by atoms with Crippen molar-refractivity contribution in [1.29, 1.82) is 0 Å². The number of aryl methyl sites for hydroxylation is 1. The standard InChI is InChI=1S/C28H38N2O4/c31-24(9-5-4-8-21-6-2-1-3-7-21)17-25(32)12-10-22-11-13-27(33)28(16-22)34-20-30-18-23-14-15-29-26(23)19-30/h11,13-16,19,21,24,31,33H,1-10,12,17-18,20H2. The van der Waals surface area contributed by atoms with Gasteiger partial charge in [-0.25, -0.2) is 0 Å². The molecule has 0 saturated heterocycles. The van der Waals surface area contributed by atoms with Crippen molar-refractivity contribution >= 4 is 12.0 Å². The second-order valence-corrected chi connectivity index (χ2v) is 9.99. The van der Waals surface area contributed by atoms with Crippen molar-refractivity contribution in [3.05, 3.63) is 47.3 Å². The quantitative estimate of drug-likeness (QED) is 0.386. The van der Waals surface area contributed by atoms with Crippen LogP contribution in [0.2, 0.25) is 0 Å². The number of aliphatic imine (C=N–C) groups is 1. The van der Waals surface area contributed by atoms with Crippen LogP contribution in [-0.2, 0) is 11.2 Å². The maximum Gasteiger partial charge on any atom is 0.163 e. The predicted octanol–water partition coefficient (Wildman–Crippen LogP) is 5.29. The molecular formula is C28H38N2O4. The van der Waals surface area contributed by atoms with E-state index in [0.29, 0.717) is 31.7 Å². The summed E-state index contributed by atoms with van der Waals surface area (Å²) in [6.07, 6.45) is 17.4. The molecule has 1 aromatic carbocycles. The molecule has 1 atom stereocenters. The number of aromatic hydroxyl groups is 1. The first kappa shape index (κ1) is 24.5. The molecule has 6 nitrogen and oxygen atoms in total. The van der Waals surface area contributed by atoms with E-state index in [1.54, 1.807) is 18.3 Å². The molecule has 4 rings (SSSR count). The average Bonchev–Trinajstić information content (AvgIpc) is 3.43. The lowest BCUT2D eigenvalue weighted by molar-refractivity contribution is -0.121. The number of aliphatic hydroxyl groups excluding tert-OH is 1. The number of unbranched alkanes of at least 4 members (excludes halogenated alkanes) is 1. The largest absolute Gasteiger partial charge is 0.504 e. The Bertz CT molecular complexity index is 930. The SMILES string of the molecule is O=C(CCc1ccc(O)c(OCN2C=C3N=CC=C3C2)c1)CC(O)CCCCC1CCCCC1. The van der Waals surface area contributed by atoms with Crippen LogP contribution < -0.4 is 4.74 Å². The van der Waals surface area contributed by atoms with Crippen molar-refractivity contribution in [1.82, 2.24) is 4.90 Å². The van der Waals surface area contributed by atoms with E-state index in [2.05, 4.69) is 4.99 Å². The van der Waals surface area contributed by atoms with E-state index in [1.165, 1.54) is 44.1 Å². The number of allylic oxidation sites excluding steroid dienone is 1. The fourth-order valence-corrected chi connectivity index (χ4v) is 5.17. The minimum Gasteiger partial charge on any atom is -0.504 e. The molecule has 1 aliphatic carbocycles. The van der Waals surface area contributed by atoms with Crippen LogP contribution in [-0.4, -0.2) is 46.5 Å². The van der Waals surface area contributed by atoms with Crippen molar-refractivity contribution in [2.45, 2.75) is 83.2 Å². The maximum atomic E-state index is 12.4. The van der Waals surface area contributed by atoms with E-state index >= 15 is 0 Å². The topological polar surface area (TPSA) is 82.4 Å². The average molecular weight is 467 g/mol. The molecular weight excluding hydrogens is 428 g/mol. The first-order chi connectivity index (χ1) is 16.6. The first-order valence-electron chi connectivity index (χ1n) is 12.9. The lowest BCUT2D eigenvalue weighted by Gasteiger charge is -2.21. The number of aliphatic hydroxyl groups is 1. The number of fused-ring (bicyclic) bond motifs is 1. The van der Waals surface area contributed by atoms with Crippen molar-refractivity contribution in [2.75, 3.05) is 13.3 Å². The molecule has 3 aliphatic rings.